The number of benzene rings is 2. The van der Waals surface area contributed by atoms with E-state index in [4.69, 9.17) is 16.3 Å². The highest BCUT2D eigenvalue weighted by Crippen LogP contribution is 2.49. The predicted molar refractivity (Wildman–Crippen MR) is 204 cm³/mol. The molecule has 1 fully saturated rings. The van der Waals surface area contributed by atoms with Gasteiger partial charge in [0.2, 0.25) is 0 Å². The Balaban J connectivity index is 1.18. The number of hydrogen-bond acceptors (Lipinski definition) is 7. The van der Waals surface area contributed by atoms with Crippen LogP contribution in [0.25, 0.3) is 0 Å². The molecule has 0 radical (unpaired) electrons. The van der Waals surface area contributed by atoms with Crippen molar-refractivity contribution in [3.05, 3.63) is 76.3 Å². The third kappa shape index (κ3) is 6.59. The normalized spacial score (nSPS) is 34.3. The molecule has 1 aromatic heterocycles. The largest absolute Gasteiger partial charge is 0.490 e. The standard InChI is InChI=1S/C40H52ClN5O4S/c1-27-6-4-15-40(48,24-44-16-17-45-26-42-20-33(45)22-44)35-11-8-31(35)21-46-23-39(14-5-7-29-18-32(41)10-12-34(29)39)25-50-37-13-9-30(19-36(37)46)38(47)43-51(3,49)28(27)2/h9-10,12-13,18-20,26-28,31,35,48H,3-8,11,14-17,21-25H2,1-2H3,(H,43,47,49)/t27-,28+,31-,35+,39-,40-,51?/m0/s1. The van der Waals surface area contributed by atoms with Gasteiger partial charge in [-0.15, -0.1) is 0 Å². The number of amides is 1. The highest BCUT2D eigenvalue weighted by molar-refractivity contribution is 7.99. The average molecular weight is 734 g/mol. The van der Waals surface area contributed by atoms with Crippen molar-refractivity contribution >= 4 is 38.8 Å². The molecule has 1 unspecified atom stereocenters. The van der Waals surface area contributed by atoms with Crippen LogP contribution in [0.4, 0.5) is 5.69 Å². The third-order valence-electron chi connectivity index (χ3n) is 13.1. The Bertz CT molecular complexity index is 1920. The van der Waals surface area contributed by atoms with Crippen LogP contribution >= 0.6 is 11.6 Å². The Morgan fingerprint density at radius 2 is 1.98 bits per heavy atom. The van der Waals surface area contributed by atoms with Gasteiger partial charge in [0.25, 0.3) is 5.91 Å². The average Bonchev–Trinajstić information content (AvgIpc) is 3.49. The zero-order valence-corrected chi connectivity index (χ0v) is 31.6. The van der Waals surface area contributed by atoms with Crippen LogP contribution in [0.5, 0.6) is 5.75 Å². The maximum atomic E-state index is 14.0. The molecule has 3 aromatic rings. The number of hydrogen-bond donors (Lipinski definition) is 2. The molecule has 1 spiro atoms. The number of rotatable bonds is 2. The fraction of sp³-hybridized carbons (Fsp3) is 0.575. The zero-order chi connectivity index (χ0) is 35.5. The lowest BCUT2D eigenvalue weighted by Crippen LogP contribution is -2.57. The third-order valence-corrected chi connectivity index (χ3v) is 15.6. The Morgan fingerprint density at radius 1 is 1.12 bits per heavy atom. The zero-order valence-electron chi connectivity index (χ0n) is 30.0. The van der Waals surface area contributed by atoms with E-state index in [0.29, 0.717) is 25.1 Å². The molecular weight excluding hydrogens is 682 g/mol. The molecule has 1 amide bonds. The Kier molecular flexibility index (Phi) is 9.21. The van der Waals surface area contributed by atoms with Gasteiger partial charge >= 0.3 is 0 Å². The molecule has 2 N–H and O–H groups in total. The molecule has 51 heavy (non-hydrogen) atoms. The number of imidazole rings is 1. The number of ether oxygens (including phenoxy) is 1. The maximum Gasteiger partial charge on any atom is 0.262 e. The second kappa shape index (κ2) is 13.4. The van der Waals surface area contributed by atoms with Gasteiger partial charge in [0.05, 0.1) is 39.6 Å². The molecule has 1 saturated carbocycles. The quantitative estimate of drug-likeness (QED) is 0.319. The smallest absolute Gasteiger partial charge is 0.262 e. The summed E-state index contributed by atoms with van der Waals surface area (Å²) < 4.78 is 25.7. The molecule has 11 heteroatoms. The molecule has 2 bridgehead atoms. The van der Waals surface area contributed by atoms with E-state index in [-0.39, 0.29) is 34.3 Å². The highest BCUT2D eigenvalue weighted by Gasteiger charge is 2.49. The fourth-order valence-electron chi connectivity index (χ4n) is 9.82. The SMILES string of the molecule is C=S1(=O)NC(=O)c2ccc3c(c2)N(C[C@@H]2CC[C@H]2[C@@](O)(CN2CCn4cncc4C2)CCC[C@H](C)[C@H]1C)C[C@@]1(CCCc2cc(Cl)ccc21)CO3. The molecule has 0 saturated heterocycles. The van der Waals surface area contributed by atoms with Gasteiger partial charge in [-0.2, -0.15) is 0 Å². The maximum absolute atomic E-state index is 14.0. The molecule has 274 valence electrons. The molecule has 5 aliphatic rings. The molecule has 3 aliphatic heterocycles. The summed E-state index contributed by atoms with van der Waals surface area (Å²) in [5.74, 6) is 4.89. The minimum Gasteiger partial charge on any atom is -0.490 e. The van der Waals surface area contributed by atoms with Crippen molar-refractivity contribution in [3.63, 3.8) is 0 Å². The molecule has 2 aromatic carbocycles. The van der Waals surface area contributed by atoms with Crippen LogP contribution in [0.1, 0.15) is 86.0 Å². The first-order valence-electron chi connectivity index (χ1n) is 18.9. The topological polar surface area (TPSA) is 99.9 Å². The molecule has 9 nitrogen and oxygen atoms in total. The van der Waals surface area contributed by atoms with E-state index in [1.807, 2.05) is 37.6 Å². The number of halogens is 1. The summed E-state index contributed by atoms with van der Waals surface area (Å²) in [7, 11) is -2.95. The van der Waals surface area contributed by atoms with Crippen molar-refractivity contribution in [1.82, 2.24) is 19.2 Å². The lowest BCUT2D eigenvalue weighted by Gasteiger charge is -2.51. The summed E-state index contributed by atoms with van der Waals surface area (Å²) in [4.78, 5) is 23.0. The van der Waals surface area contributed by atoms with Crippen LogP contribution in [0.3, 0.4) is 0 Å². The van der Waals surface area contributed by atoms with E-state index < -0.39 is 15.3 Å². The number of carbonyl (C=O) groups is 1. The number of carbonyl (C=O) groups excluding carboxylic acids is 1. The summed E-state index contributed by atoms with van der Waals surface area (Å²) in [5, 5.41) is 13.3. The van der Waals surface area contributed by atoms with E-state index in [0.717, 1.165) is 94.1 Å². The first-order valence-corrected chi connectivity index (χ1v) is 21.0. The van der Waals surface area contributed by atoms with Gasteiger partial charge < -0.3 is 19.3 Å². The first kappa shape index (κ1) is 35.0. The van der Waals surface area contributed by atoms with Crippen molar-refractivity contribution in [3.8, 4) is 5.75 Å². The number of fused-ring (bicyclic) bond motifs is 5. The van der Waals surface area contributed by atoms with E-state index in [9.17, 15) is 14.1 Å². The second-order valence-corrected chi connectivity index (χ2v) is 19.2. The Labute approximate surface area is 307 Å². The number of anilines is 1. The van der Waals surface area contributed by atoms with Crippen LogP contribution in [-0.2, 0) is 34.6 Å². The molecule has 4 heterocycles. The summed E-state index contributed by atoms with van der Waals surface area (Å²) in [6.45, 7) is 9.19. The van der Waals surface area contributed by atoms with E-state index in [1.54, 1.807) is 6.07 Å². The van der Waals surface area contributed by atoms with Gasteiger partial charge in [-0.05, 0) is 117 Å². The van der Waals surface area contributed by atoms with Crippen LogP contribution in [0.2, 0.25) is 5.02 Å². The Hall–Kier alpha value is -3.05. The molecule has 2 aliphatic carbocycles. The van der Waals surface area contributed by atoms with Crippen molar-refractivity contribution in [2.24, 2.45) is 17.8 Å². The number of aromatic nitrogens is 2. The lowest BCUT2D eigenvalue weighted by atomic mass is 9.62. The van der Waals surface area contributed by atoms with E-state index >= 15 is 0 Å². The molecule has 7 atom stereocenters. The summed E-state index contributed by atoms with van der Waals surface area (Å²) >= 11 is 6.49. The van der Waals surface area contributed by atoms with Gasteiger partial charge in [-0.25, -0.2) is 9.19 Å². The van der Waals surface area contributed by atoms with Crippen LogP contribution < -0.4 is 14.4 Å². The van der Waals surface area contributed by atoms with Crippen LogP contribution in [0.15, 0.2) is 48.9 Å². The summed E-state index contributed by atoms with van der Waals surface area (Å²) in [6, 6.07) is 11.9. The number of aliphatic hydroxyl groups is 1. The van der Waals surface area contributed by atoms with E-state index in [2.05, 4.69) is 49.0 Å². The Morgan fingerprint density at radius 3 is 2.80 bits per heavy atom. The van der Waals surface area contributed by atoms with Crippen molar-refractivity contribution in [2.45, 2.75) is 94.6 Å². The fourth-order valence-corrected chi connectivity index (χ4v) is 11.5. The summed E-state index contributed by atoms with van der Waals surface area (Å²) in [5.41, 5.74) is 3.97. The highest BCUT2D eigenvalue weighted by atomic mass is 35.5. The number of nitrogens with zero attached hydrogens (tertiary/aromatic N) is 4. The molecular formula is C40H52ClN5O4S. The van der Waals surface area contributed by atoms with Crippen molar-refractivity contribution < 1.29 is 18.8 Å². The van der Waals surface area contributed by atoms with Gasteiger partial charge in [-0.1, -0.05) is 31.0 Å². The van der Waals surface area contributed by atoms with Gasteiger partial charge in [-0.3, -0.25) is 14.4 Å². The lowest BCUT2D eigenvalue weighted by molar-refractivity contribution is -0.108. The van der Waals surface area contributed by atoms with Gasteiger partial charge in [0, 0.05) is 66.7 Å². The van der Waals surface area contributed by atoms with E-state index in [1.165, 1.54) is 16.8 Å². The molecule has 8 rings (SSSR count). The van der Waals surface area contributed by atoms with Crippen LogP contribution in [-0.4, -0.2) is 79.2 Å². The number of β-amino-alcohol motifs (C(OH)–C–C–N with tert-alkyl or cyclic N) is 1. The predicted octanol–water partition coefficient (Wildman–Crippen LogP) is 5.85. The van der Waals surface area contributed by atoms with Crippen molar-refractivity contribution in [2.75, 3.05) is 37.7 Å². The van der Waals surface area contributed by atoms with Gasteiger partial charge in [0.15, 0.2) is 0 Å². The van der Waals surface area contributed by atoms with Crippen LogP contribution in [0, 0.1) is 17.8 Å². The minimum atomic E-state index is -2.95. The van der Waals surface area contributed by atoms with Crippen molar-refractivity contribution in [1.29, 1.82) is 0 Å². The first-order chi connectivity index (χ1) is 24.4. The monoisotopic (exact) mass is 733 g/mol. The number of aryl methyl sites for hydroxylation is 1. The summed E-state index contributed by atoms with van der Waals surface area (Å²) in [6.07, 6.45) is 11.2. The second-order valence-electron chi connectivity index (χ2n) is 16.4. The minimum absolute atomic E-state index is 0.0503. The van der Waals surface area contributed by atoms with Gasteiger partial charge in [0.1, 0.15) is 5.75 Å². The number of nitrogens with one attached hydrogen (secondary N) is 1.